The van der Waals surface area contributed by atoms with Gasteiger partial charge < -0.3 is 15.4 Å². The third-order valence-electron chi connectivity index (χ3n) is 4.74. The summed E-state index contributed by atoms with van der Waals surface area (Å²) < 4.78 is 5.31. The number of rotatable bonds is 4. The number of benzene rings is 1. The summed E-state index contributed by atoms with van der Waals surface area (Å²) in [6, 6.07) is 6.48. The van der Waals surface area contributed by atoms with Gasteiger partial charge in [0.25, 0.3) is 0 Å². The van der Waals surface area contributed by atoms with Crippen LogP contribution >= 0.6 is 12.4 Å². The first-order chi connectivity index (χ1) is 10.7. The Balaban J connectivity index is 0.00000192. The zero-order valence-corrected chi connectivity index (χ0v) is 14.6. The molecule has 2 unspecified atom stereocenters. The van der Waals surface area contributed by atoms with Crippen molar-refractivity contribution in [3.05, 3.63) is 23.8 Å². The van der Waals surface area contributed by atoms with E-state index in [4.69, 9.17) is 4.74 Å². The van der Waals surface area contributed by atoms with Crippen molar-refractivity contribution in [3.8, 4) is 5.75 Å². The van der Waals surface area contributed by atoms with Crippen LogP contribution in [0.4, 0.5) is 5.69 Å². The maximum absolute atomic E-state index is 12.3. The summed E-state index contributed by atoms with van der Waals surface area (Å²) in [6.07, 6.45) is 2.38. The molecule has 0 aliphatic carbocycles. The van der Waals surface area contributed by atoms with Gasteiger partial charge in [-0.25, -0.2) is 0 Å². The Kier molecular flexibility index (Phi) is 6.27. The second-order valence-electron chi connectivity index (χ2n) is 6.39. The van der Waals surface area contributed by atoms with E-state index in [-0.39, 0.29) is 18.3 Å². The topological polar surface area (TPSA) is 53.6 Å². The number of ether oxygens (including phenoxy) is 1. The first-order valence-electron chi connectivity index (χ1n) is 8.06. The van der Waals surface area contributed by atoms with E-state index in [2.05, 4.69) is 15.5 Å². The van der Waals surface area contributed by atoms with E-state index >= 15 is 0 Å². The van der Waals surface area contributed by atoms with Crippen LogP contribution in [0.25, 0.3) is 0 Å². The van der Waals surface area contributed by atoms with Gasteiger partial charge in [-0.05, 0) is 49.9 Å². The molecule has 0 spiro atoms. The molecular weight excluding hydrogens is 314 g/mol. The van der Waals surface area contributed by atoms with Crippen LogP contribution in [0.15, 0.2) is 18.2 Å². The average Bonchev–Trinajstić information content (AvgIpc) is 2.95. The fourth-order valence-corrected chi connectivity index (χ4v) is 3.58. The highest BCUT2D eigenvalue weighted by molar-refractivity contribution is 5.93. The van der Waals surface area contributed by atoms with Gasteiger partial charge in [-0.3, -0.25) is 9.69 Å². The summed E-state index contributed by atoms with van der Waals surface area (Å²) in [6.45, 7) is 5.60. The average molecular weight is 340 g/mol. The first kappa shape index (κ1) is 18.0. The van der Waals surface area contributed by atoms with Crippen molar-refractivity contribution in [2.75, 3.05) is 38.6 Å². The quantitative estimate of drug-likeness (QED) is 0.881. The molecule has 2 N–H and O–H groups in total. The van der Waals surface area contributed by atoms with E-state index in [9.17, 15) is 4.79 Å². The van der Waals surface area contributed by atoms with Gasteiger partial charge in [0, 0.05) is 19.1 Å². The Bertz CT molecular complexity index is 553. The van der Waals surface area contributed by atoms with Gasteiger partial charge in [0.05, 0.1) is 19.3 Å². The largest absolute Gasteiger partial charge is 0.495 e. The molecule has 2 aliphatic heterocycles. The fraction of sp³-hybridized carbons (Fsp3) is 0.588. The lowest BCUT2D eigenvalue weighted by atomic mass is 9.93. The van der Waals surface area contributed by atoms with Gasteiger partial charge >= 0.3 is 0 Å². The fourth-order valence-electron chi connectivity index (χ4n) is 3.58. The number of hydrogen-bond donors (Lipinski definition) is 2. The van der Waals surface area contributed by atoms with Crippen LogP contribution in [-0.2, 0) is 4.79 Å². The molecule has 128 valence electrons. The van der Waals surface area contributed by atoms with Gasteiger partial charge in [-0.15, -0.1) is 12.4 Å². The number of methoxy groups -OCH3 is 1. The second-order valence-corrected chi connectivity index (χ2v) is 6.39. The molecule has 6 heteroatoms. The summed E-state index contributed by atoms with van der Waals surface area (Å²) >= 11 is 0. The number of anilines is 1. The number of fused-ring (bicyclic) bond motifs is 1. The molecule has 3 rings (SSSR count). The minimum absolute atomic E-state index is 0. The number of aryl methyl sites for hydroxylation is 1. The third-order valence-corrected chi connectivity index (χ3v) is 4.74. The number of nitrogens with zero attached hydrogens (tertiary/aromatic N) is 1. The number of carbonyl (C=O) groups excluding carboxylic acids is 1. The van der Waals surface area contributed by atoms with E-state index in [1.165, 1.54) is 6.42 Å². The summed E-state index contributed by atoms with van der Waals surface area (Å²) in [7, 11) is 1.62. The Morgan fingerprint density at radius 2 is 2.26 bits per heavy atom. The zero-order valence-electron chi connectivity index (χ0n) is 13.8. The monoisotopic (exact) mass is 339 g/mol. The van der Waals surface area contributed by atoms with E-state index in [0.29, 0.717) is 24.3 Å². The molecule has 2 atom stereocenters. The molecule has 5 nitrogen and oxygen atoms in total. The summed E-state index contributed by atoms with van der Waals surface area (Å²) in [5, 5.41) is 6.54. The van der Waals surface area contributed by atoms with Crippen LogP contribution in [0.1, 0.15) is 18.4 Å². The number of carbonyl (C=O) groups is 1. The maximum atomic E-state index is 12.3. The van der Waals surface area contributed by atoms with E-state index < -0.39 is 0 Å². The molecule has 0 saturated carbocycles. The lowest BCUT2D eigenvalue weighted by Crippen LogP contribution is -2.46. The number of likely N-dealkylation sites (tertiary alicyclic amines) is 1. The van der Waals surface area contributed by atoms with Crippen LogP contribution in [0.5, 0.6) is 5.75 Å². The number of hydrogen-bond acceptors (Lipinski definition) is 4. The van der Waals surface area contributed by atoms with Crippen LogP contribution in [0.2, 0.25) is 0 Å². The summed E-state index contributed by atoms with van der Waals surface area (Å²) in [4.78, 5) is 14.6. The molecule has 1 aromatic rings. The molecule has 0 aromatic heterocycles. The van der Waals surface area contributed by atoms with Crippen LogP contribution in [0.3, 0.4) is 0 Å². The molecule has 1 aromatic carbocycles. The van der Waals surface area contributed by atoms with Crippen molar-refractivity contribution < 1.29 is 9.53 Å². The number of amides is 1. The van der Waals surface area contributed by atoms with Gasteiger partial charge in [-0.2, -0.15) is 0 Å². The van der Waals surface area contributed by atoms with E-state index in [1.54, 1.807) is 7.11 Å². The predicted molar refractivity (Wildman–Crippen MR) is 94.6 cm³/mol. The molecule has 0 bridgehead atoms. The summed E-state index contributed by atoms with van der Waals surface area (Å²) in [5.74, 6) is 1.45. The van der Waals surface area contributed by atoms with Crippen LogP contribution in [-0.4, -0.2) is 50.1 Å². The Labute approximate surface area is 144 Å². The van der Waals surface area contributed by atoms with Crippen molar-refractivity contribution in [3.63, 3.8) is 0 Å². The summed E-state index contributed by atoms with van der Waals surface area (Å²) in [5.41, 5.74) is 1.86. The minimum Gasteiger partial charge on any atom is -0.495 e. The van der Waals surface area contributed by atoms with Crippen LogP contribution < -0.4 is 15.4 Å². The highest BCUT2D eigenvalue weighted by atomic mass is 35.5. The smallest absolute Gasteiger partial charge is 0.238 e. The highest BCUT2D eigenvalue weighted by Crippen LogP contribution is 2.26. The zero-order chi connectivity index (χ0) is 15.5. The lowest BCUT2D eigenvalue weighted by molar-refractivity contribution is -0.117. The van der Waals surface area contributed by atoms with Crippen molar-refractivity contribution in [2.45, 2.75) is 25.8 Å². The van der Waals surface area contributed by atoms with Crippen molar-refractivity contribution in [1.82, 2.24) is 10.2 Å². The SMILES string of the molecule is COc1ccc(C)cc1NC(=O)CN1CCC2NCCC2C1.Cl. The normalized spacial score (nSPS) is 23.7. The standard InChI is InChI=1S/C17H25N3O2.ClH/c1-12-3-4-16(22-2)15(9-12)19-17(21)11-20-8-6-14-13(10-20)5-7-18-14;/h3-4,9,13-14,18H,5-8,10-11H2,1-2H3,(H,19,21);1H. The number of piperidine rings is 1. The van der Waals surface area contributed by atoms with Gasteiger partial charge in [0.2, 0.25) is 5.91 Å². The van der Waals surface area contributed by atoms with Gasteiger partial charge in [0.1, 0.15) is 5.75 Å². The molecule has 1 amide bonds. The Morgan fingerprint density at radius 3 is 3.04 bits per heavy atom. The molecular formula is C17H26ClN3O2. The molecule has 0 radical (unpaired) electrons. The molecule has 2 fully saturated rings. The molecule has 2 heterocycles. The lowest BCUT2D eigenvalue weighted by Gasteiger charge is -2.34. The Hall–Kier alpha value is -1.30. The van der Waals surface area contributed by atoms with Crippen molar-refractivity contribution in [1.29, 1.82) is 0 Å². The minimum atomic E-state index is 0. The molecule has 2 aliphatic rings. The van der Waals surface area contributed by atoms with Gasteiger partial charge in [0.15, 0.2) is 0 Å². The third kappa shape index (κ3) is 4.37. The van der Waals surface area contributed by atoms with Gasteiger partial charge in [-0.1, -0.05) is 6.07 Å². The number of nitrogens with one attached hydrogen (secondary N) is 2. The van der Waals surface area contributed by atoms with Crippen molar-refractivity contribution in [2.24, 2.45) is 5.92 Å². The maximum Gasteiger partial charge on any atom is 0.238 e. The highest BCUT2D eigenvalue weighted by Gasteiger charge is 2.33. The molecule has 2 saturated heterocycles. The number of halogens is 1. The second kappa shape index (κ2) is 7.99. The van der Waals surface area contributed by atoms with Crippen LogP contribution in [0, 0.1) is 12.8 Å². The first-order valence-corrected chi connectivity index (χ1v) is 8.06. The van der Waals surface area contributed by atoms with Crippen molar-refractivity contribution >= 4 is 24.0 Å². The predicted octanol–water partition coefficient (Wildman–Crippen LogP) is 2.05. The van der Waals surface area contributed by atoms with E-state index in [1.807, 2.05) is 25.1 Å². The molecule has 23 heavy (non-hydrogen) atoms. The van der Waals surface area contributed by atoms with E-state index in [0.717, 1.165) is 37.3 Å². The Morgan fingerprint density at radius 1 is 1.43 bits per heavy atom.